The summed E-state index contributed by atoms with van der Waals surface area (Å²) < 4.78 is 13.8. The van der Waals surface area contributed by atoms with Gasteiger partial charge >= 0.3 is 0 Å². The van der Waals surface area contributed by atoms with Crippen molar-refractivity contribution in [3.8, 4) is 0 Å². The van der Waals surface area contributed by atoms with Crippen molar-refractivity contribution in [1.29, 1.82) is 0 Å². The van der Waals surface area contributed by atoms with Crippen molar-refractivity contribution >= 4 is 0 Å². The lowest BCUT2D eigenvalue weighted by Gasteiger charge is -2.31. The number of alkyl halides is 1. The zero-order valence-corrected chi connectivity index (χ0v) is 11.7. The second-order valence-corrected chi connectivity index (χ2v) is 5.14. The maximum absolute atomic E-state index is 13.8. The SMILES string of the molecule is C=C(NC)C(C(C)N)C(C)NCC(F)C1=CCC1. The third-order valence-corrected chi connectivity index (χ3v) is 3.69. The van der Waals surface area contributed by atoms with Crippen LogP contribution in [0, 0.1) is 5.92 Å². The fraction of sp³-hybridized carbons (Fsp3) is 0.714. The molecule has 0 spiro atoms. The van der Waals surface area contributed by atoms with Crippen LogP contribution in [0.3, 0.4) is 0 Å². The summed E-state index contributed by atoms with van der Waals surface area (Å²) >= 11 is 0. The van der Waals surface area contributed by atoms with Crippen LogP contribution in [0.4, 0.5) is 4.39 Å². The van der Waals surface area contributed by atoms with Gasteiger partial charge in [0, 0.05) is 37.3 Å². The molecule has 4 heteroatoms. The molecule has 4 unspecified atom stereocenters. The molecule has 1 rings (SSSR count). The standard InChI is InChI=1S/C14H26FN3/c1-9(16)14(10(2)17-4)11(3)18-8-13(15)12-6-5-7-12/h6,9,11,13-14,17-18H,2,5,7-8,16H2,1,3-4H3. The fourth-order valence-electron chi connectivity index (χ4n) is 2.38. The quantitative estimate of drug-likeness (QED) is 0.579. The Morgan fingerprint density at radius 1 is 1.56 bits per heavy atom. The van der Waals surface area contributed by atoms with Crippen LogP contribution in [0.15, 0.2) is 23.9 Å². The largest absolute Gasteiger partial charge is 0.392 e. The lowest BCUT2D eigenvalue weighted by atomic mass is 9.90. The Kier molecular flexibility index (Phi) is 5.82. The van der Waals surface area contributed by atoms with E-state index < -0.39 is 6.17 Å². The molecule has 0 radical (unpaired) electrons. The Morgan fingerprint density at radius 2 is 2.17 bits per heavy atom. The predicted molar refractivity (Wildman–Crippen MR) is 75.0 cm³/mol. The normalized spacial score (nSPS) is 21.3. The second-order valence-electron chi connectivity index (χ2n) is 5.14. The molecule has 104 valence electrons. The van der Waals surface area contributed by atoms with Crippen LogP contribution >= 0.6 is 0 Å². The van der Waals surface area contributed by atoms with E-state index in [0.29, 0.717) is 6.54 Å². The highest BCUT2D eigenvalue weighted by molar-refractivity contribution is 5.17. The van der Waals surface area contributed by atoms with E-state index in [4.69, 9.17) is 5.73 Å². The molecule has 0 aromatic carbocycles. The average molecular weight is 255 g/mol. The summed E-state index contributed by atoms with van der Waals surface area (Å²) in [7, 11) is 1.83. The molecule has 0 fully saturated rings. The van der Waals surface area contributed by atoms with Gasteiger partial charge < -0.3 is 16.4 Å². The number of allylic oxidation sites excluding steroid dienone is 1. The molecule has 18 heavy (non-hydrogen) atoms. The molecule has 0 saturated heterocycles. The molecule has 0 heterocycles. The van der Waals surface area contributed by atoms with Crippen molar-refractivity contribution in [3.63, 3.8) is 0 Å². The van der Waals surface area contributed by atoms with Gasteiger partial charge in [-0.25, -0.2) is 4.39 Å². The number of halogens is 1. The highest BCUT2D eigenvalue weighted by atomic mass is 19.1. The Labute approximate surface area is 110 Å². The van der Waals surface area contributed by atoms with Crippen molar-refractivity contribution in [2.75, 3.05) is 13.6 Å². The first kappa shape index (κ1) is 15.2. The Balaban J connectivity index is 2.45. The molecule has 0 aliphatic heterocycles. The van der Waals surface area contributed by atoms with Crippen LogP contribution in [-0.4, -0.2) is 31.8 Å². The van der Waals surface area contributed by atoms with E-state index in [9.17, 15) is 4.39 Å². The van der Waals surface area contributed by atoms with E-state index in [1.54, 1.807) is 0 Å². The first-order chi connectivity index (χ1) is 8.47. The molecule has 1 aliphatic carbocycles. The van der Waals surface area contributed by atoms with Gasteiger partial charge in [0.2, 0.25) is 0 Å². The minimum Gasteiger partial charge on any atom is -0.392 e. The minimum absolute atomic E-state index is 0.0200. The Bertz CT molecular complexity index is 312. The van der Waals surface area contributed by atoms with Crippen molar-refractivity contribution in [2.45, 2.75) is 44.9 Å². The van der Waals surface area contributed by atoms with Gasteiger partial charge in [-0.15, -0.1) is 0 Å². The lowest BCUT2D eigenvalue weighted by Crippen LogP contribution is -2.47. The average Bonchev–Trinajstić information content (AvgIpc) is 2.23. The van der Waals surface area contributed by atoms with Gasteiger partial charge in [-0.2, -0.15) is 0 Å². The van der Waals surface area contributed by atoms with Gasteiger partial charge in [-0.1, -0.05) is 12.7 Å². The van der Waals surface area contributed by atoms with Crippen molar-refractivity contribution in [2.24, 2.45) is 11.7 Å². The smallest absolute Gasteiger partial charge is 0.134 e. The molecular formula is C14H26FN3. The van der Waals surface area contributed by atoms with E-state index in [1.807, 2.05) is 27.0 Å². The first-order valence-electron chi connectivity index (χ1n) is 6.65. The Hall–Kier alpha value is -0.870. The highest BCUT2D eigenvalue weighted by Gasteiger charge is 2.25. The monoisotopic (exact) mass is 255 g/mol. The van der Waals surface area contributed by atoms with Crippen LogP contribution in [0.5, 0.6) is 0 Å². The van der Waals surface area contributed by atoms with Crippen LogP contribution < -0.4 is 16.4 Å². The van der Waals surface area contributed by atoms with E-state index >= 15 is 0 Å². The molecule has 4 atom stereocenters. The second kappa shape index (κ2) is 6.90. The van der Waals surface area contributed by atoms with Crippen molar-refractivity contribution < 1.29 is 4.39 Å². The van der Waals surface area contributed by atoms with Gasteiger partial charge in [0.05, 0.1) is 0 Å². The first-order valence-corrected chi connectivity index (χ1v) is 6.65. The molecule has 4 N–H and O–H groups in total. The molecule has 1 aliphatic rings. The van der Waals surface area contributed by atoms with Gasteiger partial charge in [-0.05, 0) is 32.3 Å². The number of nitrogens with one attached hydrogen (secondary N) is 2. The van der Waals surface area contributed by atoms with Gasteiger partial charge in [-0.3, -0.25) is 0 Å². The van der Waals surface area contributed by atoms with E-state index in [-0.39, 0.29) is 18.0 Å². The summed E-state index contributed by atoms with van der Waals surface area (Å²) in [6.45, 7) is 8.30. The van der Waals surface area contributed by atoms with Crippen LogP contribution in [-0.2, 0) is 0 Å². The molecule has 0 amide bonds. The lowest BCUT2D eigenvalue weighted by molar-refractivity contribution is 0.300. The van der Waals surface area contributed by atoms with Gasteiger partial charge in [0.1, 0.15) is 6.17 Å². The minimum atomic E-state index is -0.863. The summed E-state index contributed by atoms with van der Waals surface area (Å²) in [6, 6.07) is 0.0808. The summed E-state index contributed by atoms with van der Waals surface area (Å²) in [4.78, 5) is 0. The number of rotatable bonds is 8. The highest BCUT2D eigenvalue weighted by Crippen LogP contribution is 2.23. The fourth-order valence-corrected chi connectivity index (χ4v) is 2.38. The summed E-state index contributed by atoms with van der Waals surface area (Å²) in [5.74, 6) is 0.0950. The topological polar surface area (TPSA) is 50.1 Å². The van der Waals surface area contributed by atoms with E-state index in [0.717, 1.165) is 24.1 Å². The predicted octanol–water partition coefficient (Wildman–Crippen LogP) is 1.72. The van der Waals surface area contributed by atoms with E-state index in [2.05, 4.69) is 17.2 Å². The van der Waals surface area contributed by atoms with Crippen LogP contribution in [0.25, 0.3) is 0 Å². The van der Waals surface area contributed by atoms with E-state index in [1.165, 1.54) is 0 Å². The maximum atomic E-state index is 13.8. The van der Waals surface area contributed by atoms with Crippen LogP contribution in [0.1, 0.15) is 26.7 Å². The molecule has 0 aromatic rings. The zero-order valence-electron chi connectivity index (χ0n) is 11.7. The number of hydrogen-bond acceptors (Lipinski definition) is 3. The Morgan fingerprint density at radius 3 is 2.56 bits per heavy atom. The van der Waals surface area contributed by atoms with Gasteiger partial charge in [0.25, 0.3) is 0 Å². The molecule has 0 saturated carbocycles. The van der Waals surface area contributed by atoms with Crippen molar-refractivity contribution in [1.82, 2.24) is 10.6 Å². The third kappa shape index (κ3) is 3.82. The molecular weight excluding hydrogens is 229 g/mol. The summed E-state index contributed by atoms with van der Waals surface area (Å²) in [5.41, 5.74) is 7.79. The number of hydrogen-bond donors (Lipinski definition) is 3. The molecule has 3 nitrogen and oxygen atoms in total. The third-order valence-electron chi connectivity index (χ3n) is 3.69. The molecule has 0 bridgehead atoms. The number of nitrogens with two attached hydrogens (primary N) is 1. The van der Waals surface area contributed by atoms with Crippen molar-refractivity contribution in [3.05, 3.63) is 23.9 Å². The van der Waals surface area contributed by atoms with Crippen LogP contribution in [0.2, 0.25) is 0 Å². The zero-order chi connectivity index (χ0) is 13.7. The summed E-state index contributed by atoms with van der Waals surface area (Å²) in [5, 5.41) is 6.27. The molecule has 0 aromatic heterocycles. The van der Waals surface area contributed by atoms with Gasteiger partial charge in [0.15, 0.2) is 0 Å². The maximum Gasteiger partial charge on any atom is 0.134 e. The summed E-state index contributed by atoms with van der Waals surface area (Å²) in [6.07, 6.45) is 3.03.